The lowest BCUT2D eigenvalue weighted by Crippen LogP contribution is -2.25. The van der Waals surface area contributed by atoms with E-state index in [9.17, 15) is 0 Å². The number of pyridine rings is 2. The summed E-state index contributed by atoms with van der Waals surface area (Å²) in [5.41, 5.74) is 3.58. The summed E-state index contributed by atoms with van der Waals surface area (Å²) >= 11 is 0. The number of hydrogen-bond acceptors (Lipinski definition) is 4. The predicted molar refractivity (Wildman–Crippen MR) is 92.7 cm³/mol. The molecule has 24 heavy (non-hydrogen) atoms. The summed E-state index contributed by atoms with van der Waals surface area (Å²) in [5.74, 6) is 1.06. The van der Waals surface area contributed by atoms with Gasteiger partial charge < -0.3 is 4.57 Å². The molecule has 1 aliphatic rings. The number of hydrogen-bond donors (Lipinski definition) is 0. The van der Waals surface area contributed by atoms with Crippen molar-refractivity contribution in [3.63, 3.8) is 0 Å². The monoisotopic (exact) mass is 319 g/mol. The van der Waals surface area contributed by atoms with Crippen LogP contribution in [0, 0.1) is 6.92 Å². The predicted octanol–water partition coefficient (Wildman–Crippen LogP) is 3.31. The Labute approximate surface area is 142 Å². The second kappa shape index (κ2) is 6.53. The molecule has 3 aromatic rings. The molecular formula is C19H21N5. The molecule has 0 spiro atoms. The maximum absolute atomic E-state index is 4.64. The van der Waals surface area contributed by atoms with Gasteiger partial charge in [-0.2, -0.15) is 0 Å². The SMILES string of the molecule is Cc1cccnc1C1CCCN1Cc1nccn1-c1ccncc1. The van der Waals surface area contributed by atoms with Crippen LogP contribution in [0.5, 0.6) is 0 Å². The fourth-order valence-electron chi connectivity index (χ4n) is 3.54. The molecule has 1 atom stereocenters. The first-order valence-corrected chi connectivity index (χ1v) is 8.41. The van der Waals surface area contributed by atoms with Crippen LogP contribution in [0.3, 0.4) is 0 Å². The topological polar surface area (TPSA) is 46.8 Å². The van der Waals surface area contributed by atoms with Crippen LogP contribution in [-0.4, -0.2) is 31.0 Å². The minimum Gasteiger partial charge on any atom is -0.303 e. The number of aryl methyl sites for hydroxylation is 1. The van der Waals surface area contributed by atoms with Crippen molar-refractivity contribution in [3.05, 3.63) is 72.3 Å². The molecule has 5 heteroatoms. The third-order valence-electron chi connectivity index (χ3n) is 4.73. The Hall–Kier alpha value is -2.53. The molecule has 0 amide bonds. The van der Waals surface area contributed by atoms with Crippen LogP contribution in [0.1, 0.15) is 36.0 Å². The molecule has 4 heterocycles. The van der Waals surface area contributed by atoms with Gasteiger partial charge in [-0.25, -0.2) is 4.98 Å². The van der Waals surface area contributed by atoms with Gasteiger partial charge in [0, 0.05) is 36.7 Å². The van der Waals surface area contributed by atoms with E-state index in [1.54, 1.807) is 0 Å². The van der Waals surface area contributed by atoms with E-state index >= 15 is 0 Å². The molecule has 1 saturated heterocycles. The van der Waals surface area contributed by atoms with Crippen LogP contribution in [0.15, 0.2) is 55.2 Å². The van der Waals surface area contributed by atoms with Crippen LogP contribution in [0.2, 0.25) is 0 Å². The maximum Gasteiger partial charge on any atom is 0.127 e. The Kier molecular flexibility index (Phi) is 4.09. The number of imidazole rings is 1. The summed E-state index contributed by atoms with van der Waals surface area (Å²) in [7, 11) is 0. The number of nitrogens with zero attached hydrogens (tertiary/aromatic N) is 5. The minimum atomic E-state index is 0.383. The molecule has 0 N–H and O–H groups in total. The first-order chi connectivity index (χ1) is 11.8. The van der Waals surface area contributed by atoms with Crippen molar-refractivity contribution in [2.45, 2.75) is 32.4 Å². The molecular weight excluding hydrogens is 298 g/mol. The van der Waals surface area contributed by atoms with Gasteiger partial charge in [0.1, 0.15) is 5.82 Å². The molecule has 0 saturated carbocycles. The lowest BCUT2D eigenvalue weighted by molar-refractivity contribution is 0.236. The van der Waals surface area contributed by atoms with E-state index < -0.39 is 0 Å². The van der Waals surface area contributed by atoms with Crippen LogP contribution in [0.25, 0.3) is 5.69 Å². The first-order valence-electron chi connectivity index (χ1n) is 8.41. The fraction of sp³-hybridized carbons (Fsp3) is 0.316. The summed E-state index contributed by atoms with van der Waals surface area (Å²) in [5, 5.41) is 0. The molecule has 1 aliphatic heterocycles. The summed E-state index contributed by atoms with van der Waals surface area (Å²) in [4.78, 5) is 15.8. The van der Waals surface area contributed by atoms with E-state index in [0.717, 1.165) is 31.0 Å². The molecule has 1 fully saturated rings. The highest BCUT2D eigenvalue weighted by atomic mass is 15.2. The lowest BCUT2D eigenvalue weighted by Gasteiger charge is -2.25. The average molecular weight is 319 g/mol. The Morgan fingerprint density at radius 2 is 1.96 bits per heavy atom. The van der Waals surface area contributed by atoms with Crippen molar-refractivity contribution in [1.82, 2.24) is 24.4 Å². The number of likely N-dealkylation sites (tertiary alicyclic amines) is 1. The highest BCUT2D eigenvalue weighted by Gasteiger charge is 2.29. The standard InChI is InChI=1S/C19H21N5/c1-15-4-2-8-22-19(15)17-5-3-12-23(17)14-18-21-11-13-24(18)16-6-9-20-10-7-16/h2,4,6-11,13,17H,3,5,12,14H2,1H3. The van der Waals surface area contributed by atoms with E-state index in [2.05, 4.69) is 37.4 Å². The van der Waals surface area contributed by atoms with Gasteiger partial charge in [-0.05, 0) is 50.1 Å². The van der Waals surface area contributed by atoms with E-state index in [1.165, 1.54) is 17.7 Å². The molecule has 1 unspecified atom stereocenters. The maximum atomic E-state index is 4.64. The zero-order valence-corrected chi connectivity index (χ0v) is 13.8. The molecule has 0 radical (unpaired) electrons. The van der Waals surface area contributed by atoms with Crippen molar-refractivity contribution in [2.75, 3.05) is 6.54 Å². The van der Waals surface area contributed by atoms with E-state index in [1.807, 2.05) is 49.2 Å². The molecule has 122 valence electrons. The molecule has 3 aromatic heterocycles. The van der Waals surface area contributed by atoms with Gasteiger partial charge in [-0.3, -0.25) is 14.9 Å². The van der Waals surface area contributed by atoms with Crippen molar-refractivity contribution in [3.8, 4) is 5.69 Å². The van der Waals surface area contributed by atoms with Crippen molar-refractivity contribution < 1.29 is 0 Å². The minimum absolute atomic E-state index is 0.383. The number of aromatic nitrogens is 4. The van der Waals surface area contributed by atoms with Crippen molar-refractivity contribution in [1.29, 1.82) is 0 Å². The largest absolute Gasteiger partial charge is 0.303 e. The van der Waals surface area contributed by atoms with Gasteiger partial charge in [0.15, 0.2) is 0 Å². The van der Waals surface area contributed by atoms with E-state index in [4.69, 9.17) is 0 Å². The van der Waals surface area contributed by atoms with Gasteiger partial charge in [-0.15, -0.1) is 0 Å². The Bertz CT molecular complexity index is 811. The molecule has 0 aliphatic carbocycles. The normalized spacial score (nSPS) is 18.1. The first kappa shape index (κ1) is 15.0. The highest BCUT2D eigenvalue weighted by molar-refractivity contribution is 5.30. The van der Waals surface area contributed by atoms with Crippen molar-refractivity contribution >= 4 is 0 Å². The van der Waals surface area contributed by atoms with Gasteiger partial charge in [0.05, 0.1) is 18.3 Å². The van der Waals surface area contributed by atoms with E-state index in [-0.39, 0.29) is 0 Å². The fourth-order valence-corrected chi connectivity index (χ4v) is 3.54. The zero-order valence-electron chi connectivity index (χ0n) is 13.8. The van der Waals surface area contributed by atoms with Gasteiger partial charge in [0.2, 0.25) is 0 Å². The second-order valence-electron chi connectivity index (χ2n) is 6.25. The van der Waals surface area contributed by atoms with Crippen LogP contribution in [-0.2, 0) is 6.54 Å². The van der Waals surface area contributed by atoms with Crippen molar-refractivity contribution in [2.24, 2.45) is 0 Å². The highest BCUT2D eigenvalue weighted by Crippen LogP contribution is 2.33. The van der Waals surface area contributed by atoms with Gasteiger partial charge in [-0.1, -0.05) is 6.07 Å². The molecule has 0 bridgehead atoms. The molecule has 4 rings (SSSR count). The van der Waals surface area contributed by atoms with Crippen LogP contribution in [0.4, 0.5) is 0 Å². The van der Waals surface area contributed by atoms with Gasteiger partial charge in [0.25, 0.3) is 0 Å². The molecule has 5 nitrogen and oxygen atoms in total. The number of rotatable bonds is 4. The van der Waals surface area contributed by atoms with E-state index in [0.29, 0.717) is 6.04 Å². The Balaban J connectivity index is 1.60. The van der Waals surface area contributed by atoms with Crippen LogP contribution >= 0.6 is 0 Å². The van der Waals surface area contributed by atoms with Crippen LogP contribution < -0.4 is 0 Å². The second-order valence-corrected chi connectivity index (χ2v) is 6.25. The Morgan fingerprint density at radius 1 is 1.08 bits per heavy atom. The summed E-state index contributed by atoms with van der Waals surface area (Å²) < 4.78 is 2.14. The molecule has 0 aromatic carbocycles. The lowest BCUT2D eigenvalue weighted by atomic mass is 10.1. The summed E-state index contributed by atoms with van der Waals surface area (Å²) in [6, 6.07) is 8.56. The summed E-state index contributed by atoms with van der Waals surface area (Å²) in [6.07, 6.45) is 11.8. The summed E-state index contributed by atoms with van der Waals surface area (Å²) in [6.45, 7) is 4.07. The third-order valence-corrected chi connectivity index (χ3v) is 4.73. The zero-order chi connectivity index (χ0) is 16.4. The smallest absolute Gasteiger partial charge is 0.127 e. The van der Waals surface area contributed by atoms with Gasteiger partial charge >= 0.3 is 0 Å². The third kappa shape index (κ3) is 2.83. The average Bonchev–Trinajstić information content (AvgIpc) is 3.26. The Morgan fingerprint density at radius 3 is 2.79 bits per heavy atom. The quantitative estimate of drug-likeness (QED) is 0.740.